The van der Waals surface area contributed by atoms with Crippen LogP contribution in [0.2, 0.25) is 0 Å². The Morgan fingerprint density at radius 1 is 1.45 bits per heavy atom. The van der Waals surface area contributed by atoms with Crippen molar-refractivity contribution in [1.29, 1.82) is 0 Å². The van der Waals surface area contributed by atoms with Gasteiger partial charge in [0.1, 0.15) is 5.75 Å². The molecule has 20 heavy (non-hydrogen) atoms. The first-order valence-electron chi connectivity index (χ1n) is 6.52. The van der Waals surface area contributed by atoms with E-state index in [0.29, 0.717) is 4.88 Å². The van der Waals surface area contributed by atoms with E-state index in [0.717, 1.165) is 42.1 Å². The van der Waals surface area contributed by atoms with Crippen molar-refractivity contribution in [2.24, 2.45) is 0 Å². The number of hydrogen-bond donors (Lipinski definition) is 1. The van der Waals surface area contributed by atoms with Gasteiger partial charge in [0.05, 0.1) is 12.0 Å². The lowest BCUT2D eigenvalue weighted by Crippen LogP contribution is -2.35. The lowest BCUT2D eigenvalue weighted by Gasteiger charge is -2.29. The van der Waals surface area contributed by atoms with Gasteiger partial charge in [0.2, 0.25) is 0 Å². The third kappa shape index (κ3) is 2.14. The van der Waals surface area contributed by atoms with Crippen molar-refractivity contribution in [3.05, 3.63) is 40.1 Å². The second-order valence-corrected chi connectivity index (χ2v) is 5.67. The number of nitrogen functional groups attached to an aromatic ring is 1. The van der Waals surface area contributed by atoms with Crippen LogP contribution in [0, 0.1) is 0 Å². The van der Waals surface area contributed by atoms with E-state index in [-0.39, 0.29) is 5.91 Å². The third-order valence-corrected chi connectivity index (χ3v) is 4.45. The molecule has 5 heteroatoms. The molecular weight excluding hydrogens is 272 g/mol. The Labute approximate surface area is 121 Å². The average Bonchev–Trinajstić information content (AvgIpc) is 2.95. The Hall–Kier alpha value is -2.01. The van der Waals surface area contributed by atoms with Crippen molar-refractivity contribution in [3.63, 3.8) is 0 Å². The van der Waals surface area contributed by atoms with E-state index in [1.165, 1.54) is 11.3 Å². The molecule has 104 valence electrons. The Kier molecular flexibility index (Phi) is 3.36. The number of amides is 1. The molecule has 0 saturated carbocycles. The smallest absolute Gasteiger partial charge is 0.268 e. The zero-order valence-electron chi connectivity index (χ0n) is 11.3. The van der Waals surface area contributed by atoms with E-state index in [4.69, 9.17) is 10.5 Å². The maximum Gasteiger partial charge on any atom is 0.268 e. The minimum atomic E-state index is 0.0184. The molecule has 0 unspecified atom stereocenters. The van der Waals surface area contributed by atoms with Gasteiger partial charge in [-0.3, -0.25) is 4.79 Å². The maximum atomic E-state index is 12.6. The zero-order chi connectivity index (χ0) is 14.1. The summed E-state index contributed by atoms with van der Waals surface area (Å²) in [6.07, 6.45) is 1.87. The topological polar surface area (TPSA) is 55.6 Å². The highest BCUT2D eigenvalue weighted by molar-refractivity contribution is 7.12. The van der Waals surface area contributed by atoms with Gasteiger partial charge < -0.3 is 15.4 Å². The van der Waals surface area contributed by atoms with Gasteiger partial charge in [0.25, 0.3) is 5.91 Å². The molecule has 2 aromatic rings. The van der Waals surface area contributed by atoms with Gasteiger partial charge in [0, 0.05) is 29.4 Å². The van der Waals surface area contributed by atoms with Crippen LogP contribution in [0.5, 0.6) is 5.75 Å². The van der Waals surface area contributed by atoms with Gasteiger partial charge in [-0.2, -0.15) is 0 Å². The van der Waals surface area contributed by atoms with E-state index < -0.39 is 0 Å². The highest BCUT2D eigenvalue weighted by Gasteiger charge is 2.25. The summed E-state index contributed by atoms with van der Waals surface area (Å²) >= 11 is 1.41. The lowest BCUT2D eigenvalue weighted by molar-refractivity contribution is 0.0989. The molecule has 0 atom stereocenters. The highest BCUT2D eigenvalue weighted by atomic mass is 32.1. The number of methoxy groups -OCH3 is 1. The first-order valence-corrected chi connectivity index (χ1v) is 7.40. The van der Waals surface area contributed by atoms with Crippen LogP contribution < -0.4 is 15.4 Å². The number of fused-ring (bicyclic) bond motifs is 1. The fourth-order valence-electron chi connectivity index (χ4n) is 2.53. The van der Waals surface area contributed by atoms with E-state index in [1.54, 1.807) is 13.2 Å². The number of hydrogen-bond acceptors (Lipinski definition) is 4. The van der Waals surface area contributed by atoms with Crippen LogP contribution in [-0.4, -0.2) is 19.6 Å². The monoisotopic (exact) mass is 288 g/mol. The molecule has 4 nitrogen and oxygen atoms in total. The van der Waals surface area contributed by atoms with Crippen molar-refractivity contribution >= 4 is 28.6 Å². The number of thiophene rings is 1. The van der Waals surface area contributed by atoms with Crippen molar-refractivity contribution in [2.45, 2.75) is 12.8 Å². The van der Waals surface area contributed by atoms with Crippen LogP contribution >= 0.6 is 11.3 Å². The van der Waals surface area contributed by atoms with Crippen molar-refractivity contribution in [1.82, 2.24) is 0 Å². The molecule has 1 aliphatic heterocycles. The van der Waals surface area contributed by atoms with E-state index in [2.05, 4.69) is 0 Å². The minimum absolute atomic E-state index is 0.0184. The number of nitrogens with two attached hydrogens (primary N) is 1. The van der Waals surface area contributed by atoms with Gasteiger partial charge in [-0.1, -0.05) is 6.07 Å². The quantitative estimate of drug-likeness (QED) is 0.864. The second-order valence-electron chi connectivity index (χ2n) is 4.76. The van der Waals surface area contributed by atoms with Crippen molar-refractivity contribution < 1.29 is 9.53 Å². The van der Waals surface area contributed by atoms with Crippen LogP contribution in [0.25, 0.3) is 0 Å². The predicted octanol–water partition coefficient (Wildman–Crippen LogP) is 2.93. The number of carbonyl (C=O) groups is 1. The largest absolute Gasteiger partial charge is 0.496 e. The molecule has 0 aliphatic carbocycles. The Morgan fingerprint density at radius 2 is 2.30 bits per heavy atom. The summed E-state index contributed by atoms with van der Waals surface area (Å²) in [5.41, 5.74) is 8.80. The molecule has 0 radical (unpaired) electrons. The normalized spacial score (nSPS) is 13.9. The molecule has 0 bridgehead atoms. The molecule has 0 spiro atoms. The summed E-state index contributed by atoms with van der Waals surface area (Å²) in [6.45, 7) is 0.732. The first kappa shape index (κ1) is 13.0. The standard InChI is InChI=1S/C15H16N2O2S/c1-19-10-8-14(20-9-10)15(18)17-7-3-4-11-12(16)5-2-6-13(11)17/h2,5-6,8-9H,3-4,7,16H2,1H3. The van der Waals surface area contributed by atoms with Gasteiger partial charge in [-0.25, -0.2) is 0 Å². The van der Waals surface area contributed by atoms with Gasteiger partial charge in [-0.05, 0) is 30.5 Å². The van der Waals surface area contributed by atoms with E-state index >= 15 is 0 Å². The minimum Gasteiger partial charge on any atom is -0.496 e. The fraction of sp³-hybridized carbons (Fsp3) is 0.267. The SMILES string of the molecule is COc1csc(C(=O)N2CCCc3c(N)cccc32)c1. The summed E-state index contributed by atoms with van der Waals surface area (Å²) in [7, 11) is 1.60. The number of carbonyl (C=O) groups excluding carboxylic acids is 1. The van der Waals surface area contributed by atoms with Crippen molar-refractivity contribution in [3.8, 4) is 5.75 Å². The average molecular weight is 288 g/mol. The molecule has 0 saturated heterocycles. The second kappa shape index (κ2) is 5.17. The summed E-state index contributed by atoms with van der Waals surface area (Å²) in [4.78, 5) is 15.2. The summed E-state index contributed by atoms with van der Waals surface area (Å²) in [6, 6.07) is 7.54. The van der Waals surface area contributed by atoms with Gasteiger partial charge in [-0.15, -0.1) is 11.3 Å². The van der Waals surface area contributed by atoms with E-state index in [1.807, 2.05) is 28.5 Å². The Morgan fingerprint density at radius 3 is 3.05 bits per heavy atom. The van der Waals surface area contributed by atoms with Gasteiger partial charge >= 0.3 is 0 Å². The molecule has 3 rings (SSSR count). The summed E-state index contributed by atoms with van der Waals surface area (Å²) in [5.74, 6) is 0.744. The number of rotatable bonds is 2. The molecular formula is C15H16N2O2S. The van der Waals surface area contributed by atoms with Crippen LogP contribution in [-0.2, 0) is 6.42 Å². The van der Waals surface area contributed by atoms with Crippen molar-refractivity contribution in [2.75, 3.05) is 24.3 Å². The number of ether oxygens (including phenoxy) is 1. The Balaban J connectivity index is 1.96. The van der Waals surface area contributed by atoms with Crippen LogP contribution in [0.3, 0.4) is 0 Å². The van der Waals surface area contributed by atoms with E-state index in [9.17, 15) is 4.79 Å². The fourth-order valence-corrected chi connectivity index (χ4v) is 3.34. The first-order chi connectivity index (χ1) is 9.70. The number of nitrogens with zero attached hydrogens (tertiary/aromatic N) is 1. The van der Waals surface area contributed by atoms with Crippen LogP contribution in [0.1, 0.15) is 21.7 Å². The van der Waals surface area contributed by atoms with Gasteiger partial charge in [0.15, 0.2) is 0 Å². The Bertz CT molecular complexity index is 651. The highest BCUT2D eigenvalue weighted by Crippen LogP contribution is 2.33. The lowest BCUT2D eigenvalue weighted by atomic mass is 10.00. The summed E-state index contributed by atoms with van der Waals surface area (Å²) in [5, 5.41) is 1.84. The summed E-state index contributed by atoms with van der Waals surface area (Å²) < 4.78 is 5.14. The number of anilines is 2. The van der Waals surface area contributed by atoms with Crippen LogP contribution in [0.4, 0.5) is 11.4 Å². The van der Waals surface area contributed by atoms with Crippen LogP contribution in [0.15, 0.2) is 29.6 Å². The third-order valence-electron chi connectivity index (χ3n) is 3.55. The maximum absolute atomic E-state index is 12.6. The molecule has 1 aromatic heterocycles. The molecule has 1 amide bonds. The molecule has 0 fully saturated rings. The molecule has 2 N–H and O–H groups in total. The molecule has 2 heterocycles. The number of benzene rings is 1. The predicted molar refractivity (Wildman–Crippen MR) is 81.7 cm³/mol. The molecule has 1 aromatic carbocycles. The zero-order valence-corrected chi connectivity index (χ0v) is 12.1. The molecule has 1 aliphatic rings.